The zero-order valence-corrected chi connectivity index (χ0v) is 11.1. The van der Waals surface area contributed by atoms with Crippen LogP contribution in [0.2, 0.25) is 0 Å². The van der Waals surface area contributed by atoms with E-state index in [4.69, 9.17) is 30.4 Å². The van der Waals surface area contributed by atoms with Gasteiger partial charge in [0.15, 0.2) is 0 Å². The van der Waals surface area contributed by atoms with Crippen molar-refractivity contribution in [1.82, 2.24) is 4.90 Å². The number of aliphatic hydroxyl groups is 1. The molecule has 0 bridgehead atoms. The van der Waals surface area contributed by atoms with Gasteiger partial charge in [0.2, 0.25) is 5.91 Å². The number of carbonyl (C=O) groups excluding carboxylic acids is 1. The van der Waals surface area contributed by atoms with Crippen molar-refractivity contribution < 1.29 is 38.6 Å². The molecule has 108 valence electrons. The van der Waals surface area contributed by atoms with Crippen molar-refractivity contribution in [2.45, 2.75) is 12.5 Å². The number of nitrogens with zero attached hydrogens (tertiary/aromatic N) is 1. The van der Waals surface area contributed by atoms with Gasteiger partial charge >= 0.3 is 15.2 Å². The van der Waals surface area contributed by atoms with Crippen molar-refractivity contribution in [3.8, 4) is 0 Å². The van der Waals surface area contributed by atoms with Crippen molar-refractivity contribution in [2.75, 3.05) is 19.2 Å². The smallest absolute Gasteiger partial charge is 0.339 e. The Labute approximate surface area is 103 Å². The fourth-order valence-corrected chi connectivity index (χ4v) is 3.04. The van der Waals surface area contributed by atoms with Crippen LogP contribution in [0.25, 0.3) is 0 Å². The second-order valence-corrected chi connectivity index (χ2v) is 6.86. The van der Waals surface area contributed by atoms with Crippen molar-refractivity contribution in [2.24, 2.45) is 5.73 Å². The number of hydrogen-bond acceptors (Lipinski definition) is 5. The third-order valence-corrected chi connectivity index (χ3v) is 3.37. The van der Waals surface area contributed by atoms with Crippen LogP contribution in [0.1, 0.15) is 6.42 Å². The first kappa shape index (κ1) is 17.7. The van der Waals surface area contributed by atoms with E-state index in [1.165, 1.54) is 0 Å². The minimum atomic E-state index is -4.63. The predicted octanol–water partition coefficient (Wildman–Crippen LogP) is -2.20. The van der Waals surface area contributed by atoms with Crippen LogP contribution in [0.4, 0.5) is 0 Å². The average molecular weight is 306 g/mol. The first-order valence-corrected chi connectivity index (χ1v) is 8.29. The van der Waals surface area contributed by atoms with Gasteiger partial charge in [-0.15, -0.1) is 0 Å². The molecular weight excluding hydrogens is 290 g/mol. The highest BCUT2D eigenvalue weighted by molar-refractivity contribution is 7.52. The molecule has 0 aliphatic heterocycles. The summed E-state index contributed by atoms with van der Waals surface area (Å²) in [7, 11) is -9.26. The lowest BCUT2D eigenvalue weighted by Crippen LogP contribution is -2.46. The van der Waals surface area contributed by atoms with Crippen molar-refractivity contribution in [1.29, 1.82) is 0 Å². The van der Waals surface area contributed by atoms with E-state index in [0.717, 1.165) is 0 Å². The Kier molecular flexibility index (Phi) is 6.62. The molecule has 0 spiro atoms. The monoisotopic (exact) mass is 306 g/mol. The quantitative estimate of drug-likeness (QED) is 0.271. The van der Waals surface area contributed by atoms with Crippen LogP contribution in [-0.2, 0) is 13.9 Å². The summed E-state index contributed by atoms with van der Waals surface area (Å²) in [5, 5.41) is 8.71. The van der Waals surface area contributed by atoms with Crippen molar-refractivity contribution >= 4 is 21.1 Å². The van der Waals surface area contributed by atoms with Crippen LogP contribution in [0.5, 0.6) is 0 Å². The summed E-state index contributed by atoms with van der Waals surface area (Å²) in [4.78, 5) is 46.8. The fraction of sp³-hybridized carbons (Fsp3) is 0.833. The number of rotatable bonds is 8. The van der Waals surface area contributed by atoms with E-state index in [0.29, 0.717) is 4.90 Å². The van der Waals surface area contributed by atoms with E-state index in [2.05, 4.69) is 0 Å². The molecule has 0 aromatic rings. The highest BCUT2D eigenvalue weighted by Gasteiger charge is 2.33. The molecule has 0 aromatic carbocycles. The second kappa shape index (κ2) is 6.74. The van der Waals surface area contributed by atoms with Gasteiger partial charge in [-0.05, 0) is 6.42 Å². The Morgan fingerprint density at radius 3 is 1.72 bits per heavy atom. The molecule has 12 heteroatoms. The van der Waals surface area contributed by atoms with Crippen molar-refractivity contribution in [3.63, 3.8) is 0 Å². The van der Waals surface area contributed by atoms with Crippen molar-refractivity contribution in [3.05, 3.63) is 0 Å². The Morgan fingerprint density at radius 1 is 1.11 bits per heavy atom. The van der Waals surface area contributed by atoms with Gasteiger partial charge in [-0.3, -0.25) is 18.8 Å². The molecular formula is C6H16N2O8P2. The highest BCUT2D eigenvalue weighted by atomic mass is 31.2. The first-order valence-electron chi connectivity index (χ1n) is 4.69. The molecule has 0 radical (unpaired) electrons. The van der Waals surface area contributed by atoms with E-state index in [9.17, 15) is 13.9 Å². The van der Waals surface area contributed by atoms with E-state index >= 15 is 0 Å². The molecule has 0 aliphatic rings. The second-order valence-electron chi connectivity index (χ2n) is 3.63. The van der Waals surface area contributed by atoms with Crippen LogP contribution in [0, 0.1) is 0 Å². The maximum Gasteiger partial charge on any atom is 0.339 e. The van der Waals surface area contributed by atoms with Gasteiger partial charge in [-0.2, -0.15) is 0 Å². The lowest BCUT2D eigenvalue weighted by molar-refractivity contribution is -0.123. The van der Waals surface area contributed by atoms with Crippen LogP contribution in [-0.4, -0.2) is 60.7 Å². The van der Waals surface area contributed by atoms with Gasteiger partial charge in [0.05, 0.1) is 6.04 Å². The van der Waals surface area contributed by atoms with Gasteiger partial charge in [-0.25, -0.2) is 0 Å². The summed E-state index contributed by atoms with van der Waals surface area (Å²) in [5.74, 6) is -1.04. The lowest BCUT2D eigenvalue weighted by atomic mass is 10.2. The predicted molar refractivity (Wildman–Crippen MR) is 60.3 cm³/mol. The Morgan fingerprint density at radius 2 is 1.50 bits per heavy atom. The molecule has 0 heterocycles. The number of hydrogen-bond donors (Lipinski definition) is 6. The van der Waals surface area contributed by atoms with E-state index < -0.39 is 46.3 Å². The number of aliphatic hydroxyl groups excluding tert-OH is 1. The largest absolute Gasteiger partial charge is 0.396 e. The Hall–Kier alpha value is -0.310. The average Bonchev–Trinajstić information content (AvgIpc) is 2.07. The molecule has 0 fully saturated rings. The lowest BCUT2D eigenvalue weighted by Gasteiger charge is -2.29. The standard InChI is InChI=1S/C6H16N2O8P2/c7-6(10)5(1-2-9)8(3-17(11,12)13)4-18(14,15)16/h5,9H,1-4H2,(H2,7,10)(H2,11,12,13)(H2,14,15,16). The molecule has 0 aromatic heterocycles. The molecule has 0 aliphatic carbocycles. The summed E-state index contributed by atoms with van der Waals surface area (Å²) in [6, 6.07) is -1.37. The first-order chi connectivity index (χ1) is 7.96. The number of carbonyl (C=O) groups is 1. The molecule has 7 N–H and O–H groups in total. The highest BCUT2D eigenvalue weighted by Crippen LogP contribution is 2.41. The number of nitrogens with two attached hydrogens (primary N) is 1. The molecule has 1 unspecified atom stereocenters. The SMILES string of the molecule is NC(=O)C(CCO)N(CP(=O)(O)O)CP(=O)(O)O. The minimum absolute atomic E-state index is 0.282. The van der Waals surface area contributed by atoms with Gasteiger partial charge in [-0.1, -0.05) is 0 Å². The minimum Gasteiger partial charge on any atom is -0.396 e. The summed E-state index contributed by atoms with van der Waals surface area (Å²) < 4.78 is 21.7. The fourth-order valence-electron chi connectivity index (χ4n) is 1.34. The van der Waals surface area contributed by atoms with Gasteiger partial charge in [0, 0.05) is 6.61 Å². The van der Waals surface area contributed by atoms with Crippen LogP contribution < -0.4 is 5.73 Å². The zero-order chi connectivity index (χ0) is 14.6. The zero-order valence-electron chi connectivity index (χ0n) is 9.29. The summed E-state index contributed by atoms with van der Waals surface area (Å²) >= 11 is 0. The molecule has 0 saturated carbocycles. The van der Waals surface area contributed by atoms with E-state index in [1.54, 1.807) is 0 Å². The van der Waals surface area contributed by atoms with E-state index in [1.807, 2.05) is 0 Å². The van der Waals surface area contributed by atoms with Gasteiger partial charge < -0.3 is 30.4 Å². The normalized spacial score (nSPS) is 14.8. The van der Waals surface area contributed by atoms with Crippen LogP contribution in [0.15, 0.2) is 0 Å². The Balaban J connectivity index is 5.09. The molecule has 0 rings (SSSR count). The van der Waals surface area contributed by atoms with E-state index in [-0.39, 0.29) is 6.42 Å². The molecule has 0 saturated heterocycles. The number of amides is 1. The van der Waals surface area contributed by atoms with Gasteiger partial charge in [0.25, 0.3) is 0 Å². The molecule has 1 amide bonds. The topological polar surface area (TPSA) is 182 Å². The third kappa shape index (κ3) is 7.91. The number of primary amides is 1. The summed E-state index contributed by atoms with van der Waals surface area (Å²) in [6.45, 7) is -0.521. The van der Waals surface area contributed by atoms with Crippen LogP contribution >= 0.6 is 15.2 Å². The summed E-state index contributed by atoms with van der Waals surface area (Å²) in [5.41, 5.74) is 4.96. The molecule has 18 heavy (non-hydrogen) atoms. The maximum atomic E-state index is 11.1. The van der Waals surface area contributed by atoms with Gasteiger partial charge in [0.1, 0.15) is 12.6 Å². The maximum absolute atomic E-state index is 11.1. The molecule has 1 atom stereocenters. The molecule has 10 nitrogen and oxygen atoms in total. The van der Waals surface area contributed by atoms with Crippen LogP contribution in [0.3, 0.4) is 0 Å². The Bertz CT molecular complexity index is 352. The third-order valence-electron chi connectivity index (χ3n) is 1.90. The summed E-state index contributed by atoms with van der Waals surface area (Å²) in [6.07, 6.45) is -2.35.